The predicted octanol–water partition coefficient (Wildman–Crippen LogP) is 5.39. The molecule has 0 unspecified atom stereocenters. The number of pyridine rings is 1. The number of rotatable bonds is 5. The van der Waals surface area contributed by atoms with Gasteiger partial charge < -0.3 is 10.1 Å². The summed E-state index contributed by atoms with van der Waals surface area (Å²) in [5.74, 6) is 0.393. The van der Waals surface area contributed by atoms with E-state index in [0.29, 0.717) is 11.4 Å². The number of aromatic nitrogens is 3. The Bertz CT molecular complexity index is 1250. The highest BCUT2D eigenvalue weighted by molar-refractivity contribution is 5.93. The third-order valence-corrected chi connectivity index (χ3v) is 4.51. The molecular formula is C22H19N5O3. The summed E-state index contributed by atoms with van der Waals surface area (Å²) in [5, 5.41) is 15.7. The molecule has 4 aromatic rings. The summed E-state index contributed by atoms with van der Waals surface area (Å²) in [7, 11) is 0. The van der Waals surface area contributed by atoms with E-state index < -0.39 is 4.92 Å². The number of nitro groups is 1. The second kappa shape index (κ2) is 7.75. The van der Waals surface area contributed by atoms with Gasteiger partial charge in [0.05, 0.1) is 10.4 Å². The van der Waals surface area contributed by atoms with Gasteiger partial charge in [-0.1, -0.05) is 12.1 Å². The monoisotopic (exact) mass is 401 g/mol. The third-order valence-electron chi connectivity index (χ3n) is 4.51. The molecule has 0 amide bonds. The Morgan fingerprint density at radius 2 is 1.77 bits per heavy atom. The van der Waals surface area contributed by atoms with Crippen LogP contribution in [0.1, 0.15) is 16.8 Å². The standard InChI is InChI=1S/C22H19N5O3/c1-13-9-14(2)11-16(10-13)30-22-20(27(28)29)21(23-12-24-22)26-19-6-4-5-18-17(19)8-7-15(3)25-18/h4-12H,1-3H3,(H,23,24,26). The molecule has 0 radical (unpaired) electrons. The number of hydrogen-bond donors (Lipinski definition) is 1. The van der Waals surface area contributed by atoms with E-state index in [4.69, 9.17) is 4.74 Å². The number of nitrogens with one attached hydrogen (secondary N) is 1. The number of nitrogens with zero attached hydrogens (tertiary/aromatic N) is 4. The van der Waals surface area contributed by atoms with Crippen molar-refractivity contribution in [2.75, 3.05) is 5.32 Å². The number of aryl methyl sites for hydroxylation is 3. The molecule has 0 fully saturated rings. The molecule has 150 valence electrons. The van der Waals surface area contributed by atoms with Crippen LogP contribution in [0.25, 0.3) is 10.9 Å². The van der Waals surface area contributed by atoms with E-state index in [-0.39, 0.29) is 17.4 Å². The fourth-order valence-corrected chi connectivity index (χ4v) is 3.29. The van der Waals surface area contributed by atoms with Gasteiger partial charge in [0.2, 0.25) is 5.82 Å². The van der Waals surface area contributed by atoms with E-state index in [1.165, 1.54) is 6.33 Å². The van der Waals surface area contributed by atoms with Gasteiger partial charge in [0.15, 0.2) is 0 Å². The first-order valence-electron chi connectivity index (χ1n) is 9.29. The Morgan fingerprint density at radius 3 is 2.50 bits per heavy atom. The van der Waals surface area contributed by atoms with Crippen molar-refractivity contribution in [1.82, 2.24) is 15.0 Å². The highest BCUT2D eigenvalue weighted by Gasteiger charge is 2.25. The van der Waals surface area contributed by atoms with Crippen molar-refractivity contribution >= 4 is 28.1 Å². The van der Waals surface area contributed by atoms with Crippen LogP contribution in [0.2, 0.25) is 0 Å². The quantitative estimate of drug-likeness (QED) is 0.353. The van der Waals surface area contributed by atoms with Crippen LogP contribution >= 0.6 is 0 Å². The first kappa shape index (κ1) is 19.3. The zero-order valence-electron chi connectivity index (χ0n) is 16.7. The molecule has 30 heavy (non-hydrogen) atoms. The summed E-state index contributed by atoms with van der Waals surface area (Å²) < 4.78 is 5.77. The van der Waals surface area contributed by atoms with E-state index in [1.54, 1.807) is 12.1 Å². The van der Waals surface area contributed by atoms with Crippen molar-refractivity contribution in [3.8, 4) is 11.6 Å². The molecule has 2 aromatic carbocycles. The second-order valence-electron chi connectivity index (χ2n) is 7.01. The lowest BCUT2D eigenvalue weighted by molar-refractivity contribution is -0.385. The number of anilines is 2. The Labute approximate surface area is 172 Å². The van der Waals surface area contributed by atoms with Crippen LogP contribution in [0.15, 0.2) is 54.9 Å². The number of hydrogen-bond acceptors (Lipinski definition) is 7. The molecule has 0 aliphatic carbocycles. The van der Waals surface area contributed by atoms with Gasteiger partial charge in [-0.15, -0.1) is 0 Å². The van der Waals surface area contributed by atoms with Gasteiger partial charge in [0, 0.05) is 16.8 Å². The molecule has 0 aliphatic heterocycles. The Morgan fingerprint density at radius 1 is 1.00 bits per heavy atom. The maximum absolute atomic E-state index is 11.9. The number of ether oxygens (including phenoxy) is 1. The highest BCUT2D eigenvalue weighted by Crippen LogP contribution is 2.37. The lowest BCUT2D eigenvalue weighted by Crippen LogP contribution is -2.04. The number of fused-ring (bicyclic) bond motifs is 1. The fraction of sp³-hybridized carbons (Fsp3) is 0.136. The van der Waals surface area contributed by atoms with Crippen molar-refractivity contribution < 1.29 is 9.66 Å². The van der Waals surface area contributed by atoms with E-state index in [1.807, 2.05) is 57.2 Å². The molecule has 4 rings (SSSR count). The zero-order valence-corrected chi connectivity index (χ0v) is 16.7. The molecule has 0 atom stereocenters. The van der Waals surface area contributed by atoms with Crippen molar-refractivity contribution in [3.05, 3.63) is 81.8 Å². The Balaban J connectivity index is 1.76. The average Bonchev–Trinajstić information content (AvgIpc) is 2.67. The van der Waals surface area contributed by atoms with Gasteiger partial charge in [-0.05, 0) is 68.3 Å². The molecule has 0 saturated carbocycles. The molecule has 0 saturated heterocycles. The van der Waals surface area contributed by atoms with Gasteiger partial charge in [-0.25, -0.2) is 4.98 Å². The molecule has 0 spiro atoms. The van der Waals surface area contributed by atoms with Crippen LogP contribution in [-0.4, -0.2) is 19.9 Å². The molecule has 2 heterocycles. The summed E-state index contributed by atoms with van der Waals surface area (Å²) in [4.78, 5) is 23.9. The first-order valence-corrected chi connectivity index (χ1v) is 9.29. The minimum absolute atomic E-state index is 0.0439. The van der Waals surface area contributed by atoms with Crippen molar-refractivity contribution in [1.29, 1.82) is 0 Å². The minimum atomic E-state index is -0.548. The number of benzene rings is 2. The maximum atomic E-state index is 11.9. The molecule has 8 nitrogen and oxygen atoms in total. The Kier molecular flexibility index (Phi) is 4.97. The van der Waals surface area contributed by atoms with Crippen molar-refractivity contribution in [2.45, 2.75) is 20.8 Å². The van der Waals surface area contributed by atoms with Crippen LogP contribution in [0.5, 0.6) is 11.6 Å². The largest absolute Gasteiger partial charge is 0.434 e. The summed E-state index contributed by atoms with van der Waals surface area (Å²) >= 11 is 0. The summed E-state index contributed by atoms with van der Waals surface area (Å²) in [6, 6.07) is 14.9. The summed E-state index contributed by atoms with van der Waals surface area (Å²) in [6.45, 7) is 5.76. The smallest absolute Gasteiger partial charge is 0.373 e. The summed E-state index contributed by atoms with van der Waals surface area (Å²) in [5.41, 5.74) is 3.95. The van der Waals surface area contributed by atoms with Crippen LogP contribution < -0.4 is 10.1 Å². The molecule has 0 aliphatic rings. The van der Waals surface area contributed by atoms with Gasteiger partial charge in [-0.2, -0.15) is 4.98 Å². The highest BCUT2D eigenvalue weighted by atomic mass is 16.6. The van der Waals surface area contributed by atoms with Gasteiger partial charge in [0.25, 0.3) is 0 Å². The molecular weight excluding hydrogens is 382 g/mol. The molecule has 0 bridgehead atoms. The van der Waals surface area contributed by atoms with Crippen LogP contribution in [-0.2, 0) is 0 Å². The van der Waals surface area contributed by atoms with Gasteiger partial charge in [0.1, 0.15) is 12.1 Å². The van der Waals surface area contributed by atoms with Crippen LogP contribution in [0, 0.1) is 30.9 Å². The molecule has 1 N–H and O–H groups in total. The van der Waals surface area contributed by atoms with E-state index in [2.05, 4.69) is 20.3 Å². The zero-order chi connectivity index (χ0) is 21.3. The van der Waals surface area contributed by atoms with E-state index in [9.17, 15) is 10.1 Å². The van der Waals surface area contributed by atoms with E-state index >= 15 is 0 Å². The first-order chi connectivity index (χ1) is 14.4. The predicted molar refractivity (Wildman–Crippen MR) is 114 cm³/mol. The topological polar surface area (TPSA) is 103 Å². The third kappa shape index (κ3) is 3.88. The molecule has 2 aromatic heterocycles. The fourth-order valence-electron chi connectivity index (χ4n) is 3.29. The van der Waals surface area contributed by atoms with Crippen molar-refractivity contribution in [3.63, 3.8) is 0 Å². The molecule has 8 heteroatoms. The lowest BCUT2D eigenvalue weighted by Gasteiger charge is -2.12. The van der Waals surface area contributed by atoms with Crippen LogP contribution in [0.4, 0.5) is 17.2 Å². The van der Waals surface area contributed by atoms with Gasteiger partial charge in [-0.3, -0.25) is 15.1 Å². The van der Waals surface area contributed by atoms with Gasteiger partial charge >= 0.3 is 11.6 Å². The van der Waals surface area contributed by atoms with E-state index in [0.717, 1.165) is 27.7 Å². The average molecular weight is 401 g/mol. The Hall–Kier alpha value is -4.07. The van der Waals surface area contributed by atoms with Crippen LogP contribution in [0.3, 0.4) is 0 Å². The van der Waals surface area contributed by atoms with Crippen molar-refractivity contribution in [2.24, 2.45) is 0 Å². The lowest BCUT2D eigenvalue weighted by atomic mass is 10.1. The second-order valence-corrected chi connectivity index (χ2v) is 7.01. The maximum Gasteiger partial charge on any atom is 0.373 e. The summed E-state index contributed by atoms with van der Waals surface area (Å²) in [6.07, 6.45) is 1.24. The minimum Gasteiger partial charge on any atom is -0.434 e. The SMILES string of the molecule is Cc1cc(C)cc(Oc2ncnc(Nc3cccc4nc(C)ccc34)c2[N+](=O)[O-])c1. The normalized spacial score (nSPS) is 10.8.